The van der Waals surface area contributed by atoms with Gasteiger partial charge in [-0.05, 0) is 67.2 Å². The van der Waals surface area contributed by atoms with Crippen molar-refractivity contribution in [3.8, 4) is 0 Å². The molecule has 2 atom stereocenters. The molecule has 3 heterocycles. The van der Waals surface area contributed by atoms with Crippen LogP contribution in [0.25, 0.3) is 5.65 Å². The lowest BCUT2D eigenvalue weighted by molar-refractivity contribution is -0.130. The molecule has 0 N–H and O–H groups in total. The Morgan fingerprint density at radius 3 is 2.61 bits per heavy atom. The molecule has 1 aliphatic heterocycles. The Kier molecular flexibility index (Phi) is 6.75. The van der Waals surface area contributed by atoms with Crippen LogP contribution in [0.5, 0.6) is 0 Å². The molecule has 1 saturated carbocycles. The third-order valence-electron chi connectivity index (χ3n) is 8.41. The Labute approximate surface area is 222 Å². The number of carbonyl (C=O) groups is 2. The van der Waals surface area contributed by atoms with Crippen LogP contribution in [-0.4, -0.2) is 49.5 Å². The molecule has 2 aromatic carbocycles. The minimum atomic E-state index is 0.161. The van der Waals surface area contributed by atoms with Crippen molar-refractivity contribution in [1.82, 2.24) is 24.7 Å². The molecule has 1 amide bonds. The van der Waals surface area contributed by atoms with Crippen molar-refractivity contribution in [3.05, 3.63) is 95.4 Å². The van der Waals surface area contributed by atoms with E-state index >= 15 is 0 Å². The summed E-state index contributed by atoms with van der Waals surface area (Å²) in [4.78, 5) is 27.8. The standard InChI is InChI=1S/C31H33N5O2/c37-28(9-4-8-23-6-2-1-3-7-23)25-12-10-24(11-13-25)20-30(38)35-18-5-16-31(17-19-35)21-26(31)27-14-15-29-33-32-22-36(29)34-27/h1-3,6-7,10-15,22,26H,4-5,8-9,16-21H2. The maximum absolute atomic E-state index is 13.1. The average Bonchev–Trinajstić information content (AvgIpc) is 3.54. The first-order chi connectivity index (χ1) is 18.6. The zero-order chi connectivity index (χ0) is 26.0. The third-order valence-corrected chi connectivity index (χ3v) is 8.41. The summed E-state index contributed by atoms with van der Waals surface area (Å²) in [6.07, 6.45) is 8.61. The molecule has 4 aromatic rings. The fourth-order valence-electron chi connectivity index (χ4n) is 6.05. The second kappa shape index (κ2) is 10.5. The summed E-state index contributed by atoms with van der Waals surface area (Å²) in [5.74, 6) is 0.779. The minimum absolute atomic E-state index is 0.161. The van der Waals surface area contributed by atoms with Gasteiger partial charge in [0, 0.05) is 31.0 Å². The molecule has 7 nitrogen and oxygen atoms in total. The van der Waals surface area contributed by atoms with Gasteiger partial charge in [-0.2, -0.15) is 5.10 Å². The monoisotopic (exact) mass is 507 g/mol. The number of carbonyl (C=O) groups excluding carboxylic acids is 2. The van der Waals surface area contributed by atoms with Crippen LogP contribution in [0.1, 0.15) is 71.6 Å². The van der Waals surface area contributed by atoms with Crippen LogP contribution in [0.4, 0.5) is 0 Å². The molecular formula is C31H33N5O2. The molecule has 2 aromatic heterocycles. The van der Waals surface area contributed by atoms with Gasteiger partial charge in [0.05, 0.1) is 12.1 Å². The number of fused-ring (bicyclic) bond motifs is 1. The molecule has 0 radical (unpaired) electrons. The number of hydrogen-bond donors (Lipinski definition) is 0. The lowest BCUT2D eigenvalue weighted by atomic mass is 9.93. The Balaban J connectivity index is 0.995. The van der Waals surface area contributed by atoms with Crippen LogP contribution in [0.3, 0.4) is 0 Å². The van der Waals surface area contributed by atoms with Gasteiger partial charge in [-0.1, -0.05) is 54.6 Å². The normalized spacial score (nSPS) is 20.9. The van der Waals surface area contributed by atoms with Crippen molar-refractivity contribution in [2.75, 3.05) is 13.1 Å². The minimum Gasteiger partial charge on any atom is -0.342 e. The fourth-order valence-corrected chi connectivity index (χ4v) is 6.05. The molecule has 2 unspecified atom stereocenters. The Bertz CT molecular complexity index is 1430. The molecule has 7 heteroatoms. The SMILES string of the molecule is O=C(CCCc1ccccc1)c1ccc(CC(=O)N2CCCC3(CC2)CC3c2ccc3nncn3n2)cc1. The second-order valence-corrected chi connectivity index (χ2v) is 10.9. The highest BCUT2D eigenvalue weighted by Crippen LogP contribution is 2.64. The van der Waals surface area contributed by atoms with Crippen LogP contribution in [0.15, 0.2) is 73.1 Å². The Hall–Kier alpha value is -3.87. The predicted octanol–water partition coefficient (Wildman–Crippen LogP) is 5.06. The summed E-state index contributed by atoms with van der Waals surface area (Å²) >= 11 is 0. The van der Waals surface area contributed by atoms with E-state index < -0.39 is 0 Å². The van der Waals surface area contributed by atoms with Gasteiger partial charge < -0.3 is 4.90 Å². The van der Waals surface area contributed by atoms with Crippen LogP contribution >= 0.6 is 0 Å². The van der Waals surface area contributed by atoms with Crippen LogP contribution in [-0.2, 0) is 17.6 Å². The van der Waals surface area contributed by atoms with E-state index in [4.69, 9.17) is 5.10 Å². The van der Waals surface area contributed by atoms with Crippen molar-refractivity contribution >= 4 is 17.3 Å². The van der Waals surface area contributed by atoms with Crippen molar-refractivity contribution in [3.63, 3.8) is 0 Å². The third kappa shape index (κ3) is 5.23. The first-order valence-electron chi connectivity index (χ1n) is 13.7. The van der Waals surface area contributed by atoms with Gasteiger partial charge in [0.15, 0.2) is 11.4 Å². The Morgan fingerprint density at radius 1 is 0.921 bits per heavy atom. The molecule has 0 bridgehead atoms. The number of amides is 1. The summed E-state index contributed by atoms with van der Waals surface area (Å²) in [5, 5.41) is 12.7. The highest BCUT2D eigenvalue weighted by atomic mass is 16.2. The summed E-state index contributed by atoms with van der Waals surface area (Å²) in [7, 11) is 0. The van der Waals surface area contributed by atoms with Crippen molar-refractivity contribution in [2.24, 2.45) is 5.41 Å². The summed E-state index contributed by atoms with van der Waals surface area (Å²) in [6, 6.07) is 21.9. The lowest BCUT2D eigenvalue weighted by Gasteiger charge is -2.21. The highest BCUT2D eigenvalue weighted by Gasteiger charge is 2.55. The van der Waals surface area contributed by atoms with Gasteiger partial charge in [-0.15, -0.1) is 10.2 Å². The first kappa shape index (κ1) is 24.5. The Morgan fingerprint density at radius 2 is 1.76 bits per heavy atom. The van der Waals surface area contributed by atoms with E-state index in [1.165, 1.54) is 5.56 Å². The zero-order valence-electron chi connectivity index (χ0n) is 21.6. The van der Waals surface area contributed by atoms with Gasteiger partial charge in [0.2, 0.25) is 5.91 Å². The van der Waals surface area contributed by atoms with E-state index in [0.29, 0.717) is 18.8 Å². The molecule has 2 aliphatic rings. The zero-order valence-corrected chi connectivity index (χ0v) is 21.6. The van der Waals surface area contributed by atoms with Gasteiger partial charge in [0.1, 0.15) is 6.33 Å². The molecule has 2 fully saturated rings. The molecular weight excluding hydrogens is 474 g/mol. The number of hydrogen-bond acceptors (Lipinski definition) is 5. The number of aryl methyl sites for hydroxylation is 1. The van der Waals surface area contributed by atoms with E-state index in [9.17, 15) is 9.59 Å². The van der Waals surface area contributed by atoms with Crippen molar-refractivity contribution in [1.29, 1.82) is 0 Å². The molecule has 1 saturated heterocycles. The van der Waals surface area contributed by atoms with Gasteiger partial charge in [-0.25, -0.2) is 4.52 Å². The first-order valence-corrected chi connectivity index (χ1v) is 13.7. The van der Waals surface area contributed by atoms with E-state index in [0.717, 1.165) is 74.1 Å². The number of Topliss-reactive ketones (excluding diaryl/α,β-unsaturated/α-hetero) is 1. The maximum atomic E-state index is 13.1. The van der Waals surface area contributed by atoms with E-state index in [2.05, 4.69) is 28.4 Å². The number of ketones is 1. The maximum Gasteiger partial charge on any atom is 0.226 e. The highest BCUT2D eigenvalue weighted by molar-refractivity contribution is 5.96. The van der Waals surface area contributed by atoms with Crippen LogP contribution in [0.2, 0.25) is 0 Å². The quantitative estimate of drug-likeness (QED) is 0.312. The average molecular weight is 508 g/mol. The van der Waals surface area contributed by atoms with E-state index in [-0.39, 0.29) is 17.1 Å². The number of rotatable bonds is 8. The van der Waals surface area contributed by atoms with E-state index in [1.807, 2.05) is 53.4 Å². The fraction of sp³-hybridized carbons (Fsp3) is 0.387. The molecule has 1 spiro atoms. The van der Waals surface area contributed by atoms with Crippen LogP contribution in [0, 0.1) is 5.41 Å². The number of aromatic nitrogens is 4. The van der Waals surface area contributed by atoms with Crippen molar-refractivity contribution in [2.45, 2.75) is 57.3 Å². The smallest absolute Gasteiger partial charge is 0.226 e. The molecule has 38 heavy (non-hydrogen) atoms. The molecule has 6 rings (SSSR count). The lowest BCUT2D eigenvalue weighted by Crippen LogP contribution is -2.33. The summed E-state index contributed by atoms with van der Waals surface area (Å²) < 4.78 is 1.75. The van der Waals surface area contributed by atoms with Gasteiger partial charge in [0.25, 0.3) is 0 Å². The number of nitrogens with zero attached hydrogens (tertiary/aromatic N) is 5. The largest absolute Gasteiger partial charge is 0.342 e. The van der Waals surface area contributed by atoms with E-state index in [1.54, 1.807) is 10.8 Å². The van der Waals surface area contributed by atoms with Crippen molar-refractivity contribution < 1.29 is 9.59 Å². The van der Waals surface area contributed by atoms with Gasteiger partial charge >= 0.3 is 0 Å². The van der Waals surface area contributed by atoms with Gasteiger partial charge in [-0.3, -0.25) is 9.59 Å². The van der Waals surface area contributed by atoms with Crippen LogP contribution < -0.4 is 0 Å². The topological polar surface area (TPSA) is 80.5 Å². The number of likely N-dealkylation sites (tertiary alicyclic amines) is 1. The second-order valence-electron chi connectivity index (χ2n) is 10.9. The summed E-state index contributed by atoms with van der Waals surface area (Å²) in [5.41, 5.74) is 5.07. The summed E-state index contributed by atoms with van der Waals surface area (Å²) in [6.45, 7) is 1.60. The number of benzene rings is 2. The predicted molar refractivity (Wildman–Crippen MR) is 145 cm³/mol. The molecule has 194 valence electrons. The molecule has 1 aliphatic carbocycles.